The van der Waals surface area contributed by atoms with Gasteiger partial charge in [0.15, 0.2) is 0 Å². The van der Waals surface area contributed by atoms with E-state index < -0.39 is 0 Å². The fourth-order valence-corrected chi connectivity index (χ4v) is 0.732. The molecule has 0 atom stereocenters. The maximum absolute atomic E-state index is 10.9. The van der Waals surface area contributed by atoms with Crippen LogP contribution >= 0.6 is 0 Å². The zero-order valence-corrected chi connectivity index (χ0v) is 8.09. The third-order valence-corrected chi connectivity index (χ3v) is 1.51. The van der Waals surface area contributed by atoms with Crippen LogP contribution in [0.15, 0.2) is 11.6 Å². The molecule has 0 saturated heterocycles. The molecule has 0 aromatic heterocycles. The van der Waals surface area contributed by atoms with Gasteiger partial charge in [-0.15, -0.1) is 12.3 Å². The summed E-state index contributed by atoms with van der Waals surface area (Å²) in [5.41, 5.74) is 0.607. The Morgan fingerprint density at radius 2 is 2.38 bits per heavy atom. The summed E-state index contributed by atoms with van der Waals surface area (Å²) < 4.78 is 4.52. The number of terminal acetylenes is 1. The van der Waals surface area contributed by atoms with E-state index >= 15 is 0 Å². The first-order valence-corrected chi connectivity index (χ1v) is 4.11. The fraction of sp³-hybridized carbons (Fsp3) is 0.500. The number of esters is 1. The lowest BCUT2D eigenvalue weighted by molar-refractivity contribution is -0.136. The largest absolute Gasteiger partial charge is 0.466 e. The van der Waals surface area contributed by atoms with Gasteiger partial charge < -0.3 is 10.1 Å². The van der Waals surface area contributed by atoms with Crippen LogP contribution < -0.4 is 5.32 Å². The molecule has 0 aromatic carbocycles. The summed E-state index contributed by atoms with van der Waals surface area (Å²) in [7, 11) is 1.37. The second kappa shape index (κ2) is 7.38. The smallest absolute Gasteiger partial charge is 0.333 e. The number of hydrogen-bond acceptors (Lipinski definition) is 3. The van der Waals surface area contributed by atoms with Crippen LogP contribution in [-0.4, -0.2) is 26.2 Å². The fourth-order valence-electron chi connectivity index (χ4n) is 0.732. The molecular weight excluding hydrogens is 166 g/mol. The van der Waals surface area contributed by atoms with Gasteiger partial charge in [0.25, 0.3) is 0 Å². The summed E-state index contributed by atoms with van der Waals surface area (Å²) in [6, 6.07) is 0. The van der Waals surface area contributed by atoms with Crippen LogP contribution in [0.5, 0.6) is 0 Å². The molecule has 0 aliphatic carbocycles. The van der Waals surface area contributed by atoms with E-state index in [0.717, 1.165) is 6.54 Å². The third-order valence-electron chi connectivity index (χ3n) is 1.51. The van der Waals surface area contributed by atoms with E-state index in [1.54, 1.807) is 13.0 Å². The van der Waals surface area contributed by atoms with Crippen LogP contribution in [0.25, 0.3) is 0 Å². The van der Waals surface area contributed by atoms with Gasteiger partial charge in [0.1, 0.15) is 0 Å². The molecule has 0 rings (SSSR count). The summed E-state index contributed by atoms with van der Waals surface area (Å²) in [6.45, 7) is 3.12. The van der Waals surface area contributed by atoms with Crippen LogP contribution in [-0.2, 0) is 9.53 Å². The highest BCUT2D eigenvalue weighted by Crippen LogP contribution is 1.93. The Morgan fingerprint density at radius 3 is 2.92 bits per heavy atom. The van der Waals surface area contributed by atoms with Crippen molar-refractivity contribution in [2.75, 3.05) is 20.2 Å². The molecule has 0 spiro atoms. The van der Waals surface area contributed by atoms with Gasteiger partial charge in [-0.3, -0.25) is 0 Å². The molecular formula is C10H15NO2. The van der Waals surface area contributed by atoms with Crippen molar-refractivity contribution >= 4 is 5.97 Å². The Morgan fingerprint density at radius 1 is 1.69 bits per heavy atom. The zero-order chi connectivity index (χ0) is 10.1. The molecule has 0 radical (unpaired) electrons. The molecule has 0 saturated carbocycles. The first-order valence-electron chi connectivity index (χ1n) is 4.11. The van der Waals surface area contributed by atoms with Crippen LogP contribution in [0, 0.1) is 12.3 Å². The average Bonchev–Trinajstić information content (AvgIpc) is 2.16. The SMILES string of the molecule is C#CCCNCC=C(C)C(=O)OC. The molecule has 0 aliphatic heterocycles. The lowest BCUT2D eigenvalue weighted by Crippen LogP contribution is -2.15. The number of carbonyl (C=O) groups excluding carboxylic acids is 1. The second-order valence-electron chi connectivity index (χ2n) is 2.54. The topological polar surface area (TPSA) is 38.3 Å². The molecule has 0 fully saturated rings. The van der Waals surface area contributed by atoms with Crippen LogP contribution in [0.1, 0.15) is 13.3 Å². The summed E-state index contributed by atoms with van der Waals surface area (Å²) in [5, 5.41) is 3.07. The number of nitrogens with one attached hydrogen (secondary N) is 1. The van der Waals surface area contributed by atoms with Crippen molar-refractivity contribution in [1.29, 1.82) is 0 Å². The Bertz CT molecular complexity index is 226. The minimum Gasteiger partial charge on any atom is -0.466 e. The minimum absolute atomic E-state index is 0.293. The molecule has 72 valence electrons. The van der Waals surface area contributed by atoms with Crippen molar-refractivity contribution < 1.29 is 9.53 Å². The molecule has 0 unspecified atom stereocenters. The Kier molecular flexibility index (Phi) is 6.66. The highest BCUT2D eigenvalue weighted by molar-refractivity contribution is 5.87. The number of rotatable bonds is 5. The van der Waals surface area contributed by atoms with Gasteiger partial charge in [0, 0.05) is 25.1 Å². The van der Waals surface area contributed by atoms with Gasteiger partial charge in [-0.25, -0.2) is 4.79 Å². The number of carbonyl (C=O) groups is 1. The lowest BCUT2D eigenvalue weighted by atomic mass is 10.3. The third kappa shape index (κ3) is 5.94. The van der Waals surface area contributed by atoms with Gasteiger partial charge in [0.05, 0.1) is 7.11 Å². The Hall–Kier alpha value is -1.27. The first kappa shape index (κ1) is 11.7. The monoisotopic (exact) mass is 181 g/mol. The molecule has 0 aliphatic rings. The highest BCUT2D eigenvalue weighted by Gasteiger charge is 2.00. The van der Waals surface area contributed by atoms with E-state index in [-0.39, 0.29) is 5.97 Å². The number of methoxy groups -OCH3 is 1. The van der Waals surface area contributed by atoms with Crippen molar-refractivity contribution in [3.8, 4) is 12.3 Å². The van der Waals surface area contributed by atoms with E-state index in [1.165, 1.54) is 7.11 Å². The maximum Gasteiger partial charge on any atom is 0.333 e. The molecule has 13 heavy (non-hydrogen) atoms. The van der Waals surface area contributed by atoms with E-state index in [9.17, 15) is 4.79 Å². The van der Waals surface area contributed by atoms with E-state index in [2.05, 4.69) is 16.0 Å². The van der Waals surface area contributed by atoms with Crippen molar-refractivity contribution in [3.63, 3.8) is 0 Å². The number of hydrogen-bond donors (Lipinski definition) is 1. The molecule has 0 heterocycles. The van der Waals surface area contributed by atoms with E-state index in [1.807, 2.05) is 0 Å². The Balaban J connectivity index is 3.60. The van der Waals surface area contributed by atoms with Crippen LogP contribution in [0.2, 0.25) is 0 Å². The summed E-state index contributed by atoms with van der Waals surface area (Å²) >= 11 is 0. The van der Waals surface area contributed by atoms with Gasteiger partial charge in [-0.2, -0.15) is 0 Å². The van der Waals surface area contributed by atoms with Crippen molar-refractivity contribution in [3.05, 3.63) is 11.6 Å². The quantitative estimate of drug-likeness (QED) is 0.294. The van der Waals surface area contributed by atoms with Crippen LogP contribution in [0.4, 0.5) is 0 Å². The molecule has 0 amide bonds. The highest BCUT2D eigenvalue weighted by atomic mass is 16.5. The molecule has 0 aromatic rings. The maximum atomic E-state index is 10.9. The summed E-state index contributed by atoms with van der Waals surface area (Å²) in [6.07, 6.45) is 7.54. The summed E-state index contributed by atoms with van der Waals surface area (Å²) in [4.78, 5) is 10.9. The normalized spacial score (nSPS) is 10.7. The second-order valence-corrected chi connectivity index (χ2v) is 2.54. The van der Waals surface area contributed by atoms with Gasteiger partial charge in [-0.05, 0) is 6.92 Å². The van der Waals surface area contributed by atoms with Gasteiger partial charge in [-0.1, -0.05) is 6.08 Å². The Labute approximate surface area is 79.2 Å². The predicted molar refractivity (Wildman–Crippen MR) is 52.1 cm³/mol. The number of ether oxygens (including phenoxy) is 1. The molecule has 3 nitrogen and oxygen atoms in total. The van der Waals surface area contributed by atoms with Crippen LogP contribution in [0.3, 0.4) is 0 Å². The zero-order valence-electron chi connectivity index (χ0n) is 8.09. The summed E-state index contributed by atoms with van der Waals surface area (Å²) in [5.74, 6) is 2.22. The predicted octanol–water partition coefficient (Wildman–Crippen LogP) is 0.719. The first-order chi connectivity index (χ1) is 6.22. The van der Waals surface area contributed by atoms with Crippen molar-refractivity contribution in [2.24, 2.45) is 0 Å². The van der Waals surface area contributed by atoms with E-state index in [4.69, 9.17) is 6.42 Å². The molecule has 3 heteroatoms. The van der Waals surface area contributed by atoms with E-state index in [0.29, 0.717) is 18.5 Å². The molecule has 0 bridgehead atoms. The van der Waals surface area contributed by atoms with Crippen molar-refractivity contribution in [1.82, 2.24) is 5.32 Å². The average molecular weight is 181 g/mol. The van der Waals surface area contributed by atoms with Crippen molar-refractivity contribution in [2.45, 2.75) is 13.3 Å². The van der Waals surface area contributed by atoms with Gasteiger partial charge in [0.2, 0.25) is 0 Å². The minimum atomic E-state index is -0.293. The standard InChI is InChI=1S/C10H15NO2/c1-4-5-7-11-8-6-9(2)10(12)13-3/h1,6,11H,5,7-8H2,2-3H3. The lowest BCUT2D eigenvalue weighted by Gasteiger charge is -1.99. The van der Waals surface area contributed by atoms with Gasteiger partial charge >= 0.3 is 5.97 Å². The molecule has 1 N–H and O–H groups in total.